The van der Waals surface area contributed by atoms with Crippen LogP contribution in [0.25, 0.3) is 0 Å². The highest BCUT2D eigenvalue weighted by atomic mass is 16.5. The molecule has 0 atom stereocenters. The Balaban J connectivity index is 4.74. The SMILES string of the molecule is CCNC(COCCC(=O)CNCCCN)(COCCC(=O)NCCCN)COCCC(=O)NCCCN. The second kappa shape index (κ2) is 25.6. The zero-order chi connectivity index (χ0) is 28.3. The van der Waals surface area contributed by atoms with Gasteiger partial charge in [-0.3, -0.25) is 14.4 Å². The van der Waals surface area contributed by atoms with Crippen molar-refractivity contribution in [3.05, 3.63) is 0 Å². The number of hydrogen-bond acceptors (Lipinski definition) is 11. The van der Waals surface area contributed by atoms with Crippen LogP contribution in [0, 0.1) is 0 Å². The van der Waals surface area contributed by atoms with Crippen LogP contribution in [0.3, 0.4) is 0 Å². The van der Waals surface area contributed by atoms with E-state index in [2.05, 4.69) is 21.3 Å². The lowest BCUT2D eigenvalue weighted by atomic mass is 10.0. The zero-order valence-corrected chi connectivity index (χ0v) is 23.3. The van der Waals surface area contributed by atoms with E-state index in [1.165, 1.54) is 0 Å². The maximum absolute atomic E-state index is 12.1. The molecule has 2 amide bonds. The van der Waals surface area contributed by atoms with Gasteiger partial charge in [-0.2, -0.15) is 0 Å². The number of carbonyl (C=O) groups excluding carboxylic acids is 3. The molecule has 0 radical (unpaired) electrons. The van der Waals surface area contributed by atoms with E-state index < -0.39 is 5.54 Å². The van der Waals surface area contributed by atoms with Crippen molar-refractivity contribution in [3.8, 4) is 0 Å². The predicted octanol–water partition coefficient (Wildman–Crippen LogP) is -2.01. The van der Waals surface area contributed by atoms with Gasteiger partial charge < -0.3 is 52.7 Å². The summed E-state index contributed by atoms with van der Waals surface area (Å²) < 4.78 is 17.5. The Bertz CT molecular complexity index is 583. The maximum atomic E-state index is 12.1. The summed E-state index contributed by atoms with van der Waals surface area (Å²) in [6.45, 7) is 7.71. The molecule has 0 aliphatic rings. The molecule has 38 heavy (non-hydrogen) atoms. The number of hydrogen-bond donors (Lipinski definition) is 7. The van der Waals surface area contributed by atoms with Crippen LogP contribution in [-0.4, -0.2) is 115 Å². The number of likely N-dealkylation sites (N-methyl/N-ethyl adjacent to an activating group) is 1. The molecule has 0 aromatic heterocycles. The third-order valence-corrected chi connectivity index (χ3v) is 5.44. The predicted molar refractivity (Wildman–Crippen MR) is 148 cm³/mol. The first-order valence-electron chi connectivity index (χ1n) is 13.8. The summed E-state index contributed by atoms with van der Waals surface area (Å²) in [5.74, 6) is -0.136. The molecule has 0 rings (SSSR count). The molecule has 0 saturated heterocycles. The van der Waals surface area contributed by atoms with Crippen LogP contribution in [0.15, 0.2) is 0 Å². The monoisotopic (exact) mass is 547 g/mol. The van der Waals surface area contributed by atoms with Crippen molar-refractivity contribution in [2.24, 2.45) is 17.2 Å². The Labute approximate surface area is 228 Å². The first kappa shape index (κ1) is 36.3. The lowest BCUT2D eigenvalue weighted by Gasteiger charge is -2.34. The highest BCUT2D eigenvalue weighted by molar-refractivity contribution is 5.80. The lowest BCUT2D eigenvalue weighted by Crippen LogP contribution is -2.56. The van der Waals surface area contributed by atoms with Crippen molar-refractivity contribution >= 4 is 17.6 Å². The van der Waals surface area contributed by atoms with Gasteiger partial charge in [-0.05, 0) is 52.0 Å². The zero-order valence-electron chi connectivity index (χ0n) is 23.3. The molecule has 0 aromatic carbocycles. The third kappa shape index (κ3) is 21.2. The molecule has 0 aromatic rings. The Hall–Kier alpha value is -1.71. The van der Waals surface area contributed by atoms with Crippen molar-refractivity contribution in [1.29, 1.82) is 0 Å². The summed E-state index contributed by atoms with van der Waals surface area (Å²) in [6.07, 6.45) is 3.00. The van der Waals surface area contributed by atoms with E-state index in [9.17, 15) is 14.4 Å². The first-order valence-corrected chi connectivity index (χ1v) is 13.8. The normalized spacial score (nSPS) is 11.5. The Kier molecular flexibility index (Phi) is 24.4. The smallest absolute Gasteiger partial charge is 0.222 e. The number of carbonyl (C=O) groups is 3. The number of ether oxygens (including phenoxy) is 3. The number of nitrogens with one attached hydrogen (secondary N) is 4. The van der Waals surface area contributed by atoms with Crippen molar-refractivity contribution in [1.82, 2.24) is 21.3 Å². The summed E-state index contributed by atoms with van der Waals surface area (Å²) in [4.78, 5) is 35.9. The number of Topliss-reactive ketones (excluding diaryl/α,β-unsaturated/α-hetero) is 1. The fourth-order valence-electron chi connectivity index (χ4n) is 3.35. The molecular formula is C25H53N7O6. The molecule has 224 valence electrons. The van der Waals surface area contributed by atoms with Crippen LogP contribution < -0.4 is 38.5 Å². The van der Waals surface area contributed by atoms with E-state index in [1.807, 2.05) is 6.92 Å². The molecule has 13 nitrogen and oxygen atoms in total. The number of amides is 2. The molecule has 0 spiro atoms. The van der Waals surface area contributed by atoms with E-state index in [1.54, 1.807) is 0 Å². The van der Waals surface area contributed by atoms with E-state index in [-0.39, 0.29) is 83.0 Å². The molecule has 0 aliphatic carbocycles. The summed E-state index contributed by atoms with van der Waals surface area (Å²) >= 11 is 0. The van der Waals surface area contributed by atoms with Gasteiger partial charge >= 0.3 is 0 Å². The molecule has 10 N–H and O–H groups in total. The van der Waals surface area contributed by atoms with E-state index in [0.29, 0.717) is 45.8 Å². The van der Waals surface area contributed by atoms with Gasteiger partial charge in [-0.1, -0.05) is 6.92 Å². The van der Waals surface area contributed by atoms with E-state index >= 15 is 0 Å². The highest BCUT2D eigenvalue weighted by Gasteiger charge is 2.31. The molecule has 0 heterocycles. The van der Waals surface area contributed by atoms with Crippen molar-refractivity contribution in [2.75, 3.05) is 92.0 Å². The molecule has 0 fully saturated rings. The molecular weight excluding hydrogens is 494 g/mol. The molecule has 13 heteroatoms. The number of ketones is 1. The minimum Gasteiger partial charge on any atom is -0.379 e. The van der Waals surface area contributed by atoms with Crippen LogP contribution in [0.2, 0.25) is 0 Å². The van der Waals surface area contributed by atoms with Gasteiger partial charge in [0, 0.05) is 32.4 Å². The number of rotatable bonds is 28. The van der Waals surface area contributed by atoms with Gasteiger partial charge in [-0.15, -0.1) is 0 Å². The van der Waals surface area contributed by atoms with Crippen molar-refractivity contribution < 1.29 is 28.6 Å². The van der Waals surface area contributed by atoms with Crippen LogP contribution in [-0.2, 0) is 28.6 Å². The summed E-state index contributed by atoms with van der Waals surface area (Å²) in [7, 11) is 0. The van der Waals surface area contributed by atoms with Crippen LogP contribution in [0.5, 0.6) is 0 Å². The first-order chi connectivity index (χ1) is 18.4. The second-order valence-corrected chi connectivity index (χ2v) is 9.06. The average molecular weight is 548 g/mol. The Morgan fingerprint density at radius 2 is 1.13 bits per heavy atom. The van der Waals surface area contributed by atoms with Crippen LogP contribution in [0.1, 0.15) is 45.4 Å². The van der Waals surface area contributed by atoms with Gasteiger partial charge in [0.05, 0.1) is 51.7 Å². The van der Waals surface area contributed by atoms with Gasteiger partial charge in [-0.25, -0.2) is 0 Å². The Morgan fingerprint density at radius 3 is 1.58 bits per heavy atom. The van der Waals surface area contributed by atoms with Gasteiger partial charge in [0.15, 0.2) is 0 Å². The maximum Gasteiger partial charge on any atom is 0.222 e. The summed E-state index contributed by atoms with van der Waals surface area (Å²) in [5.41, 5.74) is 15.6. The fourth-order valence-corrected chi connectivity index (χ4v) is 3.35. The second-order valence-electron chi connectivity index (χ2n) is 9.06. The van der Waals surface area contributed by atoms with Crippen molar-refractivity contribution in [3.63, 3.8) is 0 Å². The van der Waals surface area contributed by atoms with Crippen LogP contribution >= 0.6 is 0 Å². The standard InChI is InChI=1S/C25H53N7O6/c1-2-32-25(20-37-16-7-23(34)30-13-4-10-27,21-38-17-8-24(35)31-14-5-11-28)19-36-15-6-22(33)18-29-12-3-9-26/h29,32H,2-21,26-28H2,1H3,(H,30,34)(H,31,35). The molecule has 0 saturated carbocycles. The lowest BCUT2D eigenvalue weighted by molar-refractivity contribution is -0.122. The molecule has 0 unspecified atom stereocenters. The van der Waals surface area contributed by atoms with Gasteiger partial charge in [0.1, 0.15) is 5.78 Å². The quantitative estimate of drug-likeness (QED) is 0.0533. The van der Waals surface area contributed by atoms with E-state index in [4.69, 9.17) is 31.4 Å². The van der Waals surface area contributed by atoms with Gasteiger partial charge in [0.2, 0.25) is 11.8 Å². The minimum atomic E-state index is -0.705. The van der Waals surface area contributed by atoms with Gasteiger partial charge in [0.25, 0.3) is 0 Å². The highest BCUT2D eigenvalue weighted by Crippen LogP contribution is 2.10. The summed E-state index contributed by atoms with van der Waals surface area (Å²) in [6, 6.07) is 0. The molecule has 0 bridgehead atoms. The fraction of sp³-hybridized carbons (Fsp3) is 0.880. The molecule has 0 aliphatic heterocycles. The average Bonchev–Trinajstić information content (AvgIpc) is 2.90. The minimum absolute atomic E-state index is 0.0601. The third-order valence-electron chi connectivity index (χ3n) is 5.44. The van der Waals surface area contributed by atoms with Crippen LogP contribution in [0.4, 0.5) is 0 Å². The Morgan fingerprint density at radius 1 is 0.684 bits per heavy atom. The largest absolute Gasteiger partial charge is 0.379 e. The summed E-state index contributed by atoms with van der Waals surface area (Å²) in [5, 5.41) is 12.0. The topological polar surface area (TPSA) is 205 Å². The van der Waals surface area contributed by atoms with Crippen molar-refractivity contribution in [2.45, 2.75) is 51.0 Å². The van der Waals surface area contributed by atoms with E-state index in [0.717, 1.165) is 19.3 Å². The number of nitrogens with two attached hydrogens (primary N) is 3.